The molecule has 3 aromatic rings. The fraction of sp³-hybridized carbons (Fsp3) is 0.292. The molecule has 9 heteroatoms. The van der Waals surface area contributed by atoms with E-state index in [1.54, 1.807) is 29.4 Å². The second kappa shape index (κ2) is 8.38. The van der Waals surface area contributed by atoms with Gasteiger partial charge in [0.25, 0.3) is 0 Å². The van der Waals surface area contributed by atoms with Crippen LogP contribution in [0.15, 0.2) is 60.9 Å². The van der Waals surface area contributed by atoms with E-state index >= 15 is 0 Å². The first-order chi connectivity index (χ1) is 15.9. The Hall–Kier alpha value is -3.62. The van der Waals surface area contributed by atoms with E-state index in [-0.39, 0.29) is 12.2 Å². The largest absolute Gasteiger partial charge is 0.416 e. The summed E-state index contributed by atoms with van der Waals surface area (Å²) < 4.78 is 39.4. The maximum atomic E-state index is 13.1. The van der Waals surface area contributed by atoms with Crippen molar-refractivity contribution >= 4 is 17.5 Å². The Bertz CT molecular complexity index is 1170. The van der Waals surface area contributed by atoms with E-state index < -0.39 is 11.7 Å². The van der Waals surface area contributed by atoms with Crippen molar-refractivity contribution in [2.45, 2.75) is 31.6 Å². The third-order valence-electron chi connectivity index (χ3n) is 6.05. The topological polar surface area (TPSA) is 61.4 Å². The van der Waals surface area contributed by atoms with Crippen molar-refractivity contribution in [3.8, 4) is 11.3 Å². The summed E-state index contributed by atoms with van der Waals surface area (Å²) in [6.45, 7) is 1.32. The van der Waals surface area contributed by atoms with Gasteiger partial charge in [0.1, 0.15) is 6.17 Å². The number of aromatic nitrogens is 2. The van der Waals surface area contributed by atoms with Gasteiger partial charge in [-0.3, -0.25) is 9.88 Å². The van der Waals surface area contributed by atoms with Gasteiger partial charge in [-0.1, -0.05) is 12.1 Å². The number of nitrogens with one attached hydrogen (secondary N) is 1. The fourth-order valence-electron chi connectivity index (χ4n) is 4.28. The van der Waals surface area contributed by atoms with Crippen LogP contribution in [0.3, 0.4) is 0 Å². The van der Waals surface area contributed by atoms with Crippen molar-refractivity contribution in [2.75, 3.05) is 22.9 Å². The van der Waals surface area contributed by atoms with Gasteiger partial charge in [-0.2, -0.15) is 13.2 Å². The number of nitrogens with zero attached hydrogens (tertiary/aromatic N) is 4. The normalized spacial score (nSPS) is 16.8. The number of alkyl halides is 3. The molecule has 5 rings (SSSR count). The minimum absolute atomic E-state index is 0.107. The molecule has 1 aromatic carbocycles. The lowest BCUT2D eigenvalue weighted by Gasteiger charge is -2.39. The zero-order valence-corrected chi connectivity index (χ0v) is 17.7. The van der Waals surface area contributed by atoms with Crippen LogP contribution in [0.4, 0.5) is 29.5 Å². The molecule has 2 aliphatic heterocycles. The smallest absolute Gasteiger partial charge is 0.347 e. The summed E-state index contributed by atoms with van der Waals surface area (Å²) in [4.78, 5) is 25.4. The molecule has 1 N–H and O–H groups in total. The van der Waals surface area contributed by atoms with Gasteiger partial charge in [0.2, 0.25) is 0 Å². The second-order valence-corrected chi connectivity index (χ2v) is 8.14. The molecule has 0 unspecified atom stereocenters. The number of benzene rings is 1. The Morgan fingerprint density at radius 1 is 1.12 bits per heavy atom. The SMILES string of the molecule is O=C(NCCCc1ccncc1)N1c2nc(-c3cccc(C(F)(F)F)c3)ccc2N2CC[C@@H]21. The molecule has 6 nitrogen and oxygen atoms in total. The lowest BCUT2D eigenvalue weighted by atomic mass is 10.1. The number of carbonyl (C=O) groups is 1. The molecule has 0 bridgehead atoms. The first-order valence-electron chi connectivity index (χ1n) is 10.8. The first kappa shape index (κ1) is 21.2. The molecule has 0 aliphatic carbocycles. The van der Waals surface area contributed by atoms with E-state index in [9.17, 15) is 18.0 Å². The van der Waals surface area contributed by atoms with E-state index in [1.165, 1.54) is 6.07 Å². The first-order valence-corrected chi connectivity index (χ1v) is 10.8. The standard InChI is InChI=1S/C24H22F3N5O/c25-24(26,27)18-5-1-4-17(15-18)19-6-7-20-22(30-19)32(21-10-14-31(20)21)23(33)29-11-2-3-16-8-12-28-13-9-16/h1,4-9,12-13,15,21H,2-3,10-11,14H2,(H,29,33)/t21-/m0/s1. The highest BCUT2D eigenvalue weighted by atomic mass is 19.4. The second-order valence-electron chi connectivity index (χ2n) is 8.14. The summed E-state index contributed by atoms with van der Waals surface area (Å²) in [5, 5.41) is 2.96. The average molecular weight is 453 g/mol. The number of hydrogen-bond donors (Lipinski definition) is 1. The lowest BCUT2D eigenvalue weighted by molar-refractivity contribution is -0.137. The van der Waals surface area contributed by atoms with Crippen LogP contribution in [-0.4, -0.2) is 35.3 Å². The Morgan fingerprint density at radius 3 is 2.67 bits per heavy atom. The zero-order valence-electron chi connectivity index (χ0n) is 17.7. The molecule has 0 spiro atoms. The predicted octanol–water partition coefficient (Wildman–Crippen LogP) is 4.86. The minimum Gasteiger partial charge on any atom is -0.347 e. The number of aryl methyl sites for hydroxylation is 1. The van der Waals surface area contributed by atoms with Gasteiger partial charge in [-0.05, 0) is 54.8 Å². The molecule has 0 saturated carbocycles. The van der Waals surface area contributed by atoms with E-state index in [1.807, 2.05) is 18.2 Å². The fourth-order valence-corrected chi connectivity index (χ4v) is 4.28. The highest BCUT2D eigenvalue weighted by Gasteiger charge is 2.46. The van der Waals surface area contributed by atoms with Crippen LogP contribution in [0, 0.1) is 0 Å². The Kier molecular flexibility index (Phi) is 5.39. The predicted molar refractivity (Wildman–Crippen MR) is 119 cm³/mol. The maximum Gasteiger partial charge on any atom is 0.416 e. The Morgan fingerprint density at radius 2 is 1.94 bits per heavy atom. The summed E-state index contributed by atoms with van der Waals surface area (Å²) in [6, 6.07) is 12.3. The van der Waals surface area contributed by atoms with Crippen molar-refractivity contribution < 1.29 is 18.0 Å². The van der Waals surface area contributed by atoms with Crippen LogP contribution in [-0.2, 0) is 12.6 Å². The van der Waals surface area contributed by atoms with E-state index in [2.05, 4.69) is 20.2 Å². The summed E-state index contributed by atoms with van der Waals surface area (Å²) in [5.74, 6) is 0.485. The van der Waals surface area contributed by atoms with Crippen LogP contribution in [0.2, 0.25) is 0 Å². The molecule has 2 aromatic heterocycles. The van der Waals surface area contributed by atoms with Gasteiger partial charge in [0.05, 0.1) is 16.9 Å². The molecule has 0 radical (unpaired) electrons. The number of amides is 2. The molecule has 4 heterocycles. The monoisotopic (exact) mass is 453 g/mol. The molecule has 33 heavy (non-hydrogen) atoms. The van der Waals surface area contributed by atoms with Crippen LogP contribution in [0.5, 0.6) is 0 Å². The molecule has 170 valence electrons. The molecule has 2 aliphatic rings. The van der Waals surface area contributed by atoms with E-state index in [0.29, 0.717) is 23.6 Å². The van der Waals surface area contributed by atoms with Crippen molar-refractivity contribution in [1.82, 2.24) is 15.3 Å². The number of anilines is 2. The number of rotatable bonds is 5. The zero-order chi connectivity index (χ0) is 23.0. The van der Waals surface area contributed by atoms with Gasteiger partial charge >= 0.3 is 12.2 Å². The molecule has 2 amide bonds. The third kappa shape index (κ3) is 4.10. The average Bonchev–Trinajstić information content (AvgIpc) is 3.02. The number of carbonyl (C=O) groups excluding carboxylic acids is 1. The molecule has 1 fully saturated rings. The van der Waals surface area contributed by atoms with E-state index in [0.717, 1.165) is 49.2 Å². The van der Waals surface area contributed by atoms with Gasteiger partial charge in [-0.25, -0.2) is 9.78 Å². The summed E-state index contributed by atoms with van der Waals surface area (Å²) >= 11 is 0. The highest BCUT2D eigenvalue weighted by Crippen LogP contribution is 2.45. The third-order valence-corrected chi connectivity index (χ3v) is 6.05. The van der Waals surface area contributed by atoms with E-state index in [4.69, 9.17) is 0 Å². The van der Waals surface area contributed by atoms with Gasteiger partial charge < -0.3 is 10.2 Å². The molecular weight excluding hydrogens is 431 g/mol. The molecule has 1 atom stereocenters. The number of fused-ring (bicyclic) bond motifs is 3. The highest BCUT2D eigenvalue weighted by molar-refractivity contribution is 5.99. The number of urea groups is 1. The van der Waals surface area contributed by atoms with Crippen LogP contribution >= 0.6 is 0 Å². The van der Waals surface area contributed by atoms with Gasteiger partial charge in [0.15, 0.2) is 5.82 Å². The van der Waals surface area contributed by atoms with Gasteiger partial charge in [0, 0.05) is 37.5 Å². The van der Waals surface area contributed by atoms with Crippen molar-refractivity contribution in [3.63, 3.8) is 0 Å². The number of hydrogen-bond acceptors (Lipinski definition) is 4. The van der Waals surface area contributed by atoms with Crippen LogP contribution in [0.1, 0.15) is 24.0 Å². The summed E-state index contributed by atoms with van der Waals surface area (Å²) in [6.07, 6.45) is 1.38. The quantitative estimate of drug-likeness (QED) is 0.561. The maximum absolute atomic E-state index is 13.1. The van der Waals surface area contributed by atoms with Crippen LogP contribution < -0.4 is 15.1 Å². The lowest BCUT2D eigenvalue weighted by Crippen LogP contribution is -2.57. The molecule has 1 saturated heterocycles. The van der Waals surface area contributed by atoms with Gasteiger partial charge in [-0.15, -0.1) is 0 Å². The van der Waals surface area contributed by atoms with Crippen molar-refractivity contribution in [1.29, 1.82) is 0 Å². The van der Waals surface area contributed by atoms with Crippen molar-refractivity contribution in [2.24, 2.45) is 0 Å². The Balaban J connectivity index is 1.33. The molecular formula is C24H22F3N5O. The minimum atomic E-state index is -4.43. The Labute approximate surface area is 189 Å². The number of halogens is 3. The van der Waals surface area contributed by atoms with Crippen LogP contribution in [0.25, 0.3) is 11.3 Å². The summed E-state index contributed by atoms with van der Waals surface area (Å²) in [7, 11) is 0. The summed E-state index contributed by atoms with van der Waals surface area (Å²) in [5.41, 5.74) is 2.02. The van der Waals surface area contributed by atoms with Crippen molar-refractivity contribution in [3.05, 3.63) is 72.1 Å². The number of pyridine rings is 2.